The number of hydrogen-bond donors (Lipinski definition) is 1. The minimum absolute atomic E-state index is 0.00851. The van der Waals surface area contributed by atoms with Crippen molar-refractivity contribution in [2.24, 2.45) is 0 Å². The predicted octanol–water partition coefficient (Wildman–Crippen LogP) is 2.80. The van der Waals surface area contributed by atoms with E-state index in [1.165, 1.54) is 18.2 Å². The number of nitrogens with one attached hydrogen (secondary N) is 1. The molecule has 1 amide bonds. The highest BCUT2D eigenvalue weighted by atomic mass is 32.1. The lowest BCUT2D eigenvalue weighted by Crippen LogP contribution is -2.25. The summed E-state index contributed by atoms with van der Waals surface area (Å²) in [6.07, 6.45) is -4.45. The van der Waals surface area contributed by atoms with Crippen LogP contribution >= 0.6 is 11.5 Å². The first kappa shape index (κ1) is 14.4. The fraction of sp³-hybridized carbons (Fsp3) is 0.250. The summed E-state index contributed by atoms with van der Waals surface area (Å²) in [5.41, 5.74) is -0.609. The first-order valence-electron chi connectivity index (χ1n) is 5.62. The maximum Gasteiger partial charge on any atom is 0.416 e. The second-order valence-electron chi connectivity index (χ2n) is 4.02. The summed E-state index contributed by atoms with van der Waals surface area (Å²) >= 11 is 1.06. The molecule has 1 aromatic carbocycles. The van der Waals surface area contributed by atoms with Crippen LogP contribution in [-0.2, 0) is 12.7 Å². The van der Waals surface area contributed by atoms with E-state index in [-0.39, 0.29) is 17.8 Å². The normalized spacial score (nSPS) is 11.4. The van der Waals surface area contributed by atoms with Gasteiger partial charge in [0.05, 0.1) is 10.4 Å². The van der Waals surface area contributed by atoms with Crippen LogP contribution < -0.4 is 5.32 Å². The lowest BCUT2D eigenvalue weighted by molar-refractivity contribution is -0.138. The quantitative estimate of drug-likeness (QED) is 0.948. The molecule has 0 radical (unpaired) electrons. The van der Waals surface area contributed by atoms with E-state index in [4.69, 9.17) is 0 Å². The molecule has 0 aliphatic rings. The van der Waals surface area contributed by atoms with Gasteiger partial charge in [-0.2, -0.15) is 13.2 Å². The van der Waals surface area contributed by atoms with Crippen molar-refractivity contribution in [1.29, 1.82) is 0 Å². The SMILES string of the molecule is Cc1snnc1C(=O)NCc1ccccc1C(F)(F)F. The van der Waals surface area contributed by atoms with E-state index in [1.54, 1.807) is 6.92 Å². The molecule has 0 saturated heterocycles. The van der Waals surface area contributed by atoms with Crippen molar-refractivity contribution in [3.05, 3.63) is 46.0 Å². The predicted molar refractivity (Wildman–Crippen MR) is 67.3 cm³/mol. The van der Waals surface area contributed by atoms with Crippen LogP contribution in [0.15, 0.2) is 24.3 Å². The molecule has 2 rings (SSSR count). The van der Waals surface area contributed by atoms with Crippen LogP contribution in [0.25, 0.3) is 0 Å². The number of alkyl halides is 3. The molecule has 8 heteroatoms. The molecule has 4 nitrogen and oxygen atoms in total. The van der Waals surface area contributed by atoms with Gasteiger partial charge in [-0.25, -0.2) is 0 Å². The molecule has 0 spiro atoms. The van der Waals surface area contributed by atoms with Crippen molar-refractivity contribution >= 4 is 17.4 Å². The molecule has 0 fully saturated rings. The Balaban J connectivity index is 2.12. The summed E-state index contributed by atoms with van der Waals surface area (Å²) in [7, 11) is 0. The number of nitrogens with zero attached hydrogens (tertiary/aromatic N) is 2. The Bertz CT molecular complexity index is 624. The zero-order valence-electron chi connectivity index (χ0n) is 10.4. The molecule has 0 aliphatic heterocycles. The minimum Gasteiger partial charge on any atom is -0.347 e. The first-order valence-corrected chi connectivity index (χ1v) is 6.39. The Hall–Kier alpha value is -1.96. The van der Waals surface area contributed by atoms with E-state index < -0.39 is 17.6 Å². The third-order valence-electron chi connectivity index (χ3n) is 2.63. The zero-order chi connectivity index (χ0) is 14.8. The van der Waals surface area contributed by atoms with Gasteiger partial charge in [-0.3, -0.25) is 4.79 Å². The molecule has 0 aliphatic carbocycles. The summed E-state index contributed by atoms with van der Waals surface area (Å²) in [5.74, 6) is -0.534. The topological polar surface area (TPSA) is 54.9 Å². The molecule has 106 valence electrons. The lowest BCUT2D eigenvalue weighted by atomic mass is 10.1. The Morgan fingerprint density at radius 1 is 1.35 bits per heavy atom. The average molecular weight is 301 g/mol. The smallest absolute Gasteiger partial charge is 0.347 e. The van der Waals surface area contributed by atoms with E-state index in [1.807, 2.05) is 0 Å². The summed E-state index contributed by atoms with van der Waals surface area (Å²) in [5, 5.41) is 6.05. The van der Waals surface area contributed by atoms with E-state index in [0.717, 1.165) is 17.6 Å². The fourth-order valence-corrected chi connectivity index (χ4v) is 2.12. The first-order chi connectivity index (χ1) is 9.39. The van der Waals surface area contributed by atoms with Gasteiger partial charge in [0.15, 0.2) is 5.69 Å². The Kier molecular flexibility index (Phi) is 4.03. The van der Waals surface area contributed by atoms with Crippen LogP contribution in [0.3, 0.4) is 0 Å². The van der Waals surface area contributed by atoms with Crippen LogP contribution in [0.1, 0.15) is 26.5 Å². The number of carbonyl (C=O) groups is 1. The highest BCUT2D eigenvalue weighted by Crippen LogP contribution is 2.31. The molecule has 1 aromatic heterocycles. The molecule has 20 heavy (non-hydrogen) atoms. The van der Waals surface area contributed by atoms with Gasteiger partial charge in [-0.15, -0.1) is 5.10 Å². The van der Waals surface area contributed by atoms with E-state index >= 15 is 0 Å². The van der Waals surface area contributed by atoms with Crippen molar-refractivity contribution in [2.75, 3.05) is 0 Å². The summed E-state index contributed by atoms with van der Waals surface area (Å²) in [6, 6.07) is 5.11. The highest BCUT2D eigenvalue weighted by Gasteiger charge is 2.32. The van der Waals surface area contributed by atoms with E-state index in [9.17, 15) is 18.0 Å². The van der Waals surface area contributed by atoms with Crippen molar-refractivity contribution in [3.63, 3.8) is 0 Å². The Morgan fingerprint density at radius 2 is 2.05 bits per heavy atom. The van der Waals surface area contributed by atoms with Crippen LogP contribution in [-0.4, -0.2) is 15.5 Å². The number of hydrogen-bond acceptors (Lipinski definition) is 4. The van der Waals surface area contributed by atoms with Crippen LogP contribution in [0.4, 0.5) is 13.2 Å². The second-order valence-corrected chi connectivity index (χ2v) is 4.97. The number of halogens is 3. The third-order valence-corrected chi connectivity index (χ3v) is 3.26. The number of carbonyl (C=O) groups excluding carboxylic acids is 1. The van der Waals surface area contributed by atoms with Gasteiger partial charge in [0, 0.05) is 6.54 Å². The Morgan fingerprint density at radius 3 is 2.65 bits per heavy atom. The van der Waals surface area contributed by atoms with Gasteiger partial charge in [-0.1, -0.05) is 22.7 Å². The largest absolute Gasteiger partial charge is 0.416 e. The number of aromatic nitrogens is 2. The molecular weight excluding hydrogens is 291 g/mol. The third kappa shape index (κ3) is 3.13. The van der Waals surface area contributed by atoms with Gasteiger partial charge < -0.3 is 5.32 Å². The monoisotopic (exact) mass is 301 g/mol. The van der Waals surface area contributed by atoms with Gasteiger partial charge >= 0.3 is 6.18 Å². The Labute approximate surface area is 116 Å². The second kappa shape index (κ2) is 5.58. The van der Waals surface area contributed by atoms with E-state index in [2.05, 4.69) is 14.9 Å². The summed E-state index contributed by atoms with van der Waals surface area (Å²) in [4.78, 5) is 12.4. The molecule has 0 bridgehead atoms. The molecule has 2 aromatic rings. The fourth-order valence-electron chi connectivity index (χ4n) is 1.65. The van der Waals surface area contributed by atoms with Gasteiger partial charge in [0.1, 0.15) is 0 Å². The average Bonchev–Trinajstić information content (AvgIpc) is 2.81. The number of amides is 1. The van der Waals surface area contributed by atoms with Gasteiger partial charge in [-0.05, 0) is 30.1 Å². The van der Waals surface area contributed by atoms with Crippen LogP contribution in [0.5, 0.6) is 0 Å². The summed E-state index contributed by atoms with van der Waals surface area (Å²) < 4.78 is 41.9. The van der Waals surface area contributed by atoms with Crippen molar-refractivity contribution in [2.45, 2.75) is 19.6 Å². The van der Waals surface area contributed by atoms with Crippen LogP contribution in [0, 0.1) is 6.92 Å². The molecular formula is C12H10F3N3OS. The van der Waals surface area contributed by atoms with Gasteiger partial charge in [0.2, 0.25) is 0 Å². The summed E-state index contributed by atoms with van der Waals surface area (Å²) in [6.45, 7) is 1.45. The molecule has 0 saturated carbocycles. The molecule has 1 N–H and O–H groups in total. The lowest BCUT2D eigenvalue weighted by Gasteiger charge is -2.12. The zero-order valence-corrected chi connectivity index (χ0v) is 11.2. The molecule has 1 heterocycles. The van der Waals surface area contributed by atoms with E-state index in [0.29, 0.717) is 4.88 Å². The van der Waals surface area contributed by atoms with Crippen molar-refractivity contribution in [3.8, 4) is 0 Å². The number of aryl methyl sites for hydroxylation is 1. The highest BCUT2D eigenvalue weighted by molar-refractivity contribution is 7.05. The number of benzene rings is 1. The van der Waals surface area contributed by atoms with Crippen molar-refractivity contribution < 1.29 is 18.0 Å². The maximum atomic E-state index is 12.8. The minimum atomic E-state index is -4.45. The molecule has 0 unspecified atom stereocenters. The standard InChI is InChI=1S/C12H10F3N3OS/c1-7-10(17-18-20-7)11(19)16-6-8-4-2-3-5-9(8)12(13,14)15/h2-5H,6H2,1H3,(H,16,19). The van der Waals surface area contributed by atoms with Gasteiger partial charge in [0.25, 0.3) is 5.91 Å². The maximum absolute atomic E-state index is 12.8. The van der Waals surface area contributed by atoms with Crippen molar-refractivity contribution in [1.82, 2.24) is 14.9 Å². The number of rotatable bonds is 3. The van der Waals surface area contributed by atoms with Crippen LogP contribution in [0.2, 0.25) is 0 Å². The molecule has 0 atom stereocenters.